The predicted molar refractivity (Wildman–Crippen MR) is 83.4 cm³/mol. The molecule has 6 heteroatoms. The normalized spacial score (nSPS) is 11.5. The summed E-state index contributed by atoms with van der Waals surface area (Å²) in [6.07, 6.45) is 0.794. The Morgan fingerprint density at radius 3 is 2.68 bits per heavy atom. The van der Waals surface area contributed by atoms with Gasteiger partial charge in [-0.2, -0.15) is 0 Å². The minimum absolute atomic E-state index is 0.116. The number of carbonyl (C=O) groups is 1. The van der Waals surface area contributed by atoms with Crippen molar-refractivity contribution in [3.63, 3.8) is 0 Å². The Labute approximate surface area is 129 Å². The first kappa shape index (κ1) is 16.0. The van der Waals surface area contributed by atoms with Gasteiger partial charge in [0.1, 0.15) is 6.54 Å². The SMILES string of the molecule is CCC(C)(C)NC(=O)Cn1c(-c2ccccc2C)noc1=O. The zero-order chi connectivity index (χ0) is 16.3. The van der Waals surface area contributed by atoms with Crippen LogP contribution in [0, 0.1) is 6.92 Å². The van der Waals surface area contributed by atoms with Gasteiger partial charge < -0.3 is 5.32 Å². The Bertz CT molecular complexity index is 728. The largest absolute Gasteiger partial charge is 0.442 e. The van der Waals surface area contributed by atoms with Gasteiger partial charge in [-0.15, -0.1) is 0 Å². The van der Waals surface area contributed by atoms with Gasteiger partial charge in [-0.1, -0.05) is 36.3 Å². The van der Waals surface area contributed by atoms with Crippen molar-refractivity contribution in [2.45, 2.75) is 46.2 Å². The van der Waals surface area contributed by atoms with E-state index in [1.807, 2.05) is 52.0 Å². The molecule has 1 aromatic carbocycles. The lowest BCUT2D eigenvalue weighted by Crippen LogP contribution is -2.45. The summed E-state index contributed by atoms with van der Waals surface area (Å²) >= 11 is 0. The minimum atomic E-state index is -0.636. The lowest BCUT2D eigenvalue weighted by molar-refractivity contribution is -0.123. The number of aromatic nitrogens is 2. The maximum atomic E-state index is 12.2. The van der Waals surface area contributed by atoms with Crippen molar-refractivity contribution in [3.05, 3.63) is 40.4 Å². The average Bonchev–Trinajstić information content (AvgIpc) is 2.80. The number of amides is 1. The van der Waals surface area contributed by atoms with Crippen molar-refractivity contribution in [2.24, 2.45) is 0 Å². The van der Waals surface area contributed by atoms with E-state index in [1.165, 1.54) is 4.57 Å². The molecule has 0 spiro atoms. The van der Waals surface area contributed by atoms with Crippen molar-refractivity contribution in [2.75, 3.05) is 0 Å². The molecule has 22 heavy (non-hydrogen) atoms. The highest BCUT2D eigenvalue weighted by Gasteiger charge is 2.21. The van der Waals surface area contributed by atoms with Crippen LogP contribution in [0.15, 0.2) is 33.6 Å². The quantitative estimate of drug-likeness (QED) is 0.917. The van der Waals surface area contributed by atoms with E-state index in [0.29, 0.717) is 5.82 Å². The monoisotopic (exact) mass is 303 g/mol. The van der Waals surface area contributed by atoms with Crippen LogP contribution in [0.2, 0.25) is 0 Å². The number of carbonyl (C=O) groups excluding carboxylic acids is 1. The Kier molecular flexibility index (Phi) is 4.49. The van der Waals surface area contributed by atoms with Gasteiger partial charge in [0.2, 0.25) is 5.91 Å². The molecule has 0 saturated carbocycles. The van der Waals surface area contributed by atoms with Crippen LogP contribution in [0.4, 0.5) is 0 Å². The van der Waals surface area contributed by atoms with Gasteiger partial charge in [-0.25, -0.2) is 9.36 Å². The molecule has 1 amide bonds. The summed E-state index contributed by atoms with van der Waals surface area (Å²) in [6.45, 7) is 7.66. The Morgan fingerprint density at radius 2 is 2.05 bits per heavy atom. The maximum Gasteiger partial charge on any atom is 0.442 e. The molecule has 0 bridgehead atoms. The smallest absolute Gasteiger partial charge is 0.350 e. The summed E-state index contributed by atoms with van der Waals surface area (Å²) in [4.78, 5) is 24.0. The summed E-state index contributed by atoms with van der Waals surface area (Å²) in [6, 6.07) is 7.51. The van der Waals surface area contributed by atoms with Crippen molar-refractivity contribution < 1.29 is 9.32 Å². The van der Waals surface area contributed by atoms with Crippen LogP contribution in [0.5, 0.6) is 0 Å². The molecule has 0 aliphatic rings. The molecular weight excluding hydrogens is 282 g/mol. The molecule has 1 heterocycles. The summed E-state index contributed by atoms with van der Waals surface area (Å²) in [5.74, 6) is -0.512. The third-order valence-electron chi connectivity index (χ3n) is 3.74. The highest BCUT2D eigenvalue weighted by atomic mass is 16.5. The van der Waals surface area contributed by atoms with Crippen molar-refractivity contribution in [1.82, 2.24) is 15.0 Å². The lowest BCUT2D eigenvalue weighted by atomic mass is 10.0. The van der Waals surface area contributed by atoms with Crippen molar-refractivity contribution in [3.8, 4) is 11.4 Å². The number of hydrogen-bond acceptors (Lipinski definition) is 4. The van der Waals surface area contributed by atoms with Crippen LogP contribution in [0.3, 0.4) is 0 Å². The molecule has 0 fully saturated rings. The van der Waals surface area contributed by atoms with E-state index >= 15 is 0 Å². The molecular formula is C16H21N3O3. The fourth-order valence-electron chi connectivity index (χ4n) is 2.07. The number of aryl methyl sites for hydroxylation is 1. The van der Waals surface area contributed by atoms with E-state index in [2.05, 4.69) is 10.5 Å². The van der Waals surface area contributed by atoms with Gasteiger partial charge in [0, 0.05) is 11.1 Å². The first-order valence-electron chi connectivity index (χ1n) is 7.27. The molecule has 0 atom stereocenters. The second kappa shape index (κ2) is 6.17. The number of nitrogens with zero attached hydrogens (tertiary/aromatic N) is 2. The summed E-state index contributed by atoms with van der Waals surface area (Å²) in [5, 5.41) is 6.71. The third kappa shape index (κ3) is 3.44. The summed E-state index contributed by atoms with van der Waals surface area (Å²) in [5.41, 5.74) is 1.41. The molecule has 0 unspecified atom stereocenters. The van der Waals surface area contributed by atoms with Crippen LogP contribution >= 0.6 is 0 Å². The van der Waals surface area contributed by atoms with E-state index in [4.69, 9.17) is 4.52 Å². The van der Waals surface area contributed by atoms with Gasteiger partial charge in [0.15, 0.2) is 5.82 Å². The van der Waals surface area contributed by atoms with Gasteiger partial charge in [0.05, 0.1) is 0 Å². The van der Waals surface area contributed by atoms with Crippen molar-refractivity contribution in [1.29, 1.82) is 0 Å². The Morgan fingerprint density at radius 1 is 1.36 bits per heavy atom. The summed E-state index contributed by atoms with van der Waals surface area (Å²) in [7, 11) is 0. The topological polar surface area (TPSA) is 77.1 Å². The van der Waals surface area contributed by atoms with E-state index < -0.39 is 5.76 Å². The molecule has 0 radical (unpaired) electrons. The van der Waals surface area contributed by atoms with Crippen LogP contribution in [0.1, 0.15) is 32.8 Å². The molecule has 0 aliphatic heterocycles. The number of nitrogens with one attached hydrogen (secondary N) is 1. The van der Waals surface area contributed by atoms with Crippen LogP contribution in [0.25, 0.3) is 11.4 Å². The van der Waals surface area contributed by atoms with E-state index in [0.717, 1.165) is 17.5 Å². The highest BCUT2D eigenvalue weighted by molar-refractivity contribution is 5.77. The zero-order valence-electron chi connectivity index (χ0n) is 13.3. The van der Waals surface area contributed by atoms with Gasteiger partial charge >= 0.3 is 5.76 Å². The van der Waals surface area contributed by atoms with E-state index in [-0.39, 0.29) is 18.0 Å². The predicted octanol–water partition coefficient (Wildman–Crippen LogP) is 2.12. The standard InChI is InChI=1S/C16H21N3O3/c1-5-16(3,4)17-13(20)10-19-14(18-22-15(19)21)12-9-7-6-8-11(12)2/h6-9H,5,10H2,1-4H3,(H,17,20). The summed E-state index contributed by atoms with van der Waals surface area (Å²) < 4.78 is 5.99. The van der Waals surface area contributed by atoms with E-state index in [9.17, 15) is 9.59 Å². The zero-order valence-corrected chi connectivity index (χ0v) is 13.3. The van der Waals surface area contributed by atoms with Crippen LogP contribution < -0.4 is 11.1 Å². The number of hydrogen-bond donors (Lipinski definition) is 1. The molecule has 118 valence electrons. The second-order valence-electron chi connectivity index (χ2n) is 5.96. The lowest BCUT2D eigenvalue weighted by Gasteiger charge is -2.24. The molecule has 0 aliphatic carbocycles. The highest BCUT2D eigenvalue weighted by Crippen LogP contribution is 2.20. The van der Waals surface area contributed by atoms with Crippen LogP contribution in [-0.4, -0.2) is 21.2 Å². The Hall–Kier alpha value is -2.37. The van der Waals surface area contributed by atoms with E-state index in [1.54, 1.807) is 0 Å². The van der Waals surface area contributed by atoms with Crippen LogP contribution in [-0.2, 0) is 11.3 Å². The Balaban J connectivity index is 2.30. The van der Waals surface area contributed by atoms with Gasteiger partial charge in [0.25, 0.3) is 0 Å². The molecule has 2 aromatic rings. The van der Waals surface area contributed by atoms with Crippen molar-refractivity contribution >= 4 is 5.91 Å². The second-order valence-corrected chi connectivity index (χ2v) is 5.96. The van der Waals surface area contributed by atoms with Gasteiger partial charge in [-0.05, 0) is 32.8 Å². The number of rotatable bonds is 5. The first-order chi connectivity index (χ1) is 10.3. The minimum Gasteiger partial charge on any atom is -0.350 e. The molecule has 1 aromatic heterocycles. The average molecular weight is 303 g/mol. The molecule has 2 rings (SSSR count). The molecule has 6 nitrogen and oxygen atoms in total. The first-order valence-corrected chi connectivity index (χ1v) is 7.27. The molecule has 0 saturated heterocycles. The fraction of sp³-hybridized carbons (Fsp3) is 0.438. The maximum absolute atomic E-state index is 12.2. The fourth-order valence-corrected chi connectivity index (χ4v) is 2.07. The third-order valence-corrected chi connectivity index (χ3v) is 3.74. The van der Waals surface area contributed by atoms with Gasteiger partial charge in [-0.3, -0.25) is 9.32 Å². The molecule has 1 N–H and O–H groups in total. The number of benzene rings is 1.